The molecule has 3 aromatic rings. The molecule has 3 aromatic carbocycles. The second-order valence-corrected chi connectivity index (χ2v) is 15.7. The number of hydrogen-bond donors (Lipinski definition) is 0. The van der Waals surface area contributed by atoms with Gasteiger partial charge in [-0.05, 0) is 135 Å². The first-order valence-corrected chi connectivity index (χ1v) is 16.2. The molecule has 4 bridgehead atoms. The van der Waals surface area contributed by atoms with E-state index >= 15 is 0 Å². The van der Waals surface area contributed by atoms with E-state index in [1.165, 1.54) is 19.3 Å². The van der Waals surface area contributed by atoms with E-state index in [0.29, 0.717) is 17.8 Å². The van der Waals surface area contributed by atoms with Gasteiger partial charge >= 0.3 is 5.97 Å². The zero-order valence-corrected chi connectivity index (χ0v) is 24.8. The summed E-state index contributed by atoms with van der Waals surface area (Å²) in [7, 11) is -2.37. The molecular formula is C29H27Br3O2S. The van der Waals surface area contributed by atoms with Crippen LogP contribution in [-0.2, 0) is 8.98 Å². The molecule has 0 aliphatic heterocycles. The molecule has 4 aliphatic carbocycles. The molecule has 0 spiro atoms. The third kappa shape index (κ3) is 4.17. The van der Waals surface area contributed by atoms with Crippen LogP contribution in [0.15, 0.2) is 101 Å². The van der Waals surface area contributed by atoms with Crippen molar-refractivity contribution in [2.75, 3.05) is 0 Å². The third-order valence-electron chi connectivity index (χ3n) is 8.07. The van der Waals surface area contributed by atoms with Crippen molar-refractivity contribution in [1.82, 2.24) is 0 Å². The molecule has 4 fully saturated rings. The van der Waals surface area contributed by atoms with E-state index in [-0.39, 0.29) is 11.4 Å². The molecule has 4 saturated carbocycles. The molecule has 35 heavy (non-hydrogen) atoms. The van der Waals surface area contributed by atoms with Crippen LogP contribution < -0.4 is 0 Å². The Hall–Kier alpha value is -1.08. The number of benzene rings is 3. The largest absolute Gasteiger partial charge is 0.401 e. The number of carbonyl (C=O) groups is 1. The van der Waals surface area contributed by atoms with Gasteiger partial charge in [0, 0.05) is 23.2 Å². The second kappa shape index (κ2) is 9.34. The highest BCUT2D eigenvalue weighted by Crippen LogP contribution is 2.73. The van der Waals surface area contributed by atoms with Gasteiger partial charge in [0.2, 0.25) is 0 Å². The van der Waals surface area contributed by atoms with Crippen molar-refractivity contribution in [2.45, 2.75) is 53.2 Å². The molecule has 0 N–H and O–H groups in total. The standard InChI is InChI=1S/C29H27Br3O2S/c30-22-14-25(31)27(26(32)15-22)35(23-7-3-1-4-8-23,24-9-5-2-6-10-24)34-28(33)29-16-19-11-20(17-29)13-21(12-19)18-29/h1-10,14-15,19-21H,11-13,16-18H2. The topological polar surface area (TPSA) is 26.3 Å². The molecular weight excluding hydrogens is 652 g/mol. The normalized spacial score (nSPS) is 27.6. The van der Waals surface area contributed by atoms with Gasteiger partial charge in [-0.2, -0.15) is 0 Å². The molecule has 0 radical (unpaired) electrons. The summed E-state index contributed by atoms with van der Waals surface area (Å²) in [6.45, 7) is 0. The van der Waals surface area contributed by atoms with Crippen molar-refractivity contribution < 1.29 is 8.98 Å². The molecule has 7 rings (SSSR count). The van der Waals surface area contributed by atoms with Gasteiger partial charge in [0.15, 0.2) is 0 Å². The van der Waals surface area contributed by atoms with E-state index in [0.717, 1.165) is 47.4 Å². The van der Waals surface area contributed by atoms with Crippen LogP contribution in [0.2, 0.25) is 0 Å². The molecule has 182 valence electrons. The molecule has 0 atom stereocenters. The molecule has 0 saturated heterocycles. The number of hydrogen-bond acceptors (Lipinski definition) is 2. The smallest absolute Gasteiger partial charge is 0.323 e. The van der Waals surface area contributed by atoms with Crippen molar-refractivity contribution in [2.24, 2.45) is 23.2 Å². The summed E-state index contributed by atoms with van der Waals surface area (Å²) in [5, 5.41) is 0. The molecule has 0 aromatic heterocycles. The van der Waals surface area contributed by atoms with Gasteiger partial charge < -0.3 is 4.18 Å². The monoisotopic (exact) mass is 676 g/mol. The van der Waals surface area contributed by atoms with Gasteiger partial charge in [-0.25, -0.2) is 0 Å². The summed E-state index contributed by atoms with van der Waals surface area (Å²) < 4.78 is 9.84. The number of carbonyl (C=O) groups excluding carboxylic acids is 1. The minimum atomic E-state index is -2.37. The van der Waals surface area contributed by atoms with Crippen LogP contribution in [0.5, 0.6) is 0 Å². The zero-order chi connectivity index (χ0) is 24.2. The molecule has 6 heteroatoms. The minimum Gasteiger partial charge on any atom is -0.401 e. The Bertz CT molecular complexity index is 1160. The third-order valence-corrected chi connectivity index (χ3v) is 13.6. The summed E-state index contributed by atoms with van der Waals surface area (Å²) in [5.74, 6) is 2.04. The zero-order valence-electron chi connectivity index (χ0n) is 19.3. The average Bonchev–Trinajstić information content (AvgIpc) is 2.83. The van der Waals surface area contributed by atoms with E-state index < -0.39 is 10.3 Å². The maximum Gasteiger partial charge on any atom is 0.323 e. The summed E-state index contributed by atoms with van der Waals surface area (Å²) in [4.78, 5) is 17.5. The number of rotatable bonds is 5. The lowest BCUT2D eigenvalue weighted by molar-refractivity contribution is -0.160. The molecule has 2 nitrogen and oxygen atoms in total. The fourth-order valence-corrected chi connectivity index (χ4v) is 13.9. The van der Waals surface area contributed by atoms with E-state index in [1.807, 2.05) is 48.5 Å². The van der Waals surface area contributed by atoms with Crippen LogP contribution in [0.25, 0.3) is 0 Å². The second-order valence-electron chi connectivity index (χ2n) is 10.4. The van der Waals surface area contributed by atoms with Crippen molar-refractivity contribution in [3.8, 4) is 0 Å². The minimum absolute atomic E-state index is 0.000949. The highest BCUT2D eigenvalue weighted by molar-refractivity contribution is 9.11. The van der Waals surface area contributed by atoms with E-state index in [4.69, 9.17) is 4.18 Å². The van der Waals surface area contributed by atoms with Gasteiger partial charge in [0.25, 0.3) is 0 Å². The van der Waals surface area contributed by atoms with Gasteiger partial charge in [-0.15, -0.1) is 0 Å². The molecule has 0 amide bonds. The lowest BCUT2D eigenvalue weighted by Crippen LogP contribution is -2.50. The Labute approximate surface area is 234 Å². The SMILES string of the molecule is O=C(OS(c1ccccc1)(c1ccccc1)c1c(Br)cc(Br)cc1Br)C12CC3CC(CC(C3)C1)C2. The summed E-state index contributed by atoms with van der Waals surface area (Å²) >= 11 is 11.3. The highest BCUT2D eigenvalue weighted by Gasteiger charge is 2.57. The Morgan fingerprint density at radius 2 is 1.17 bits per heavy atom. The van der Waals surface area contributed by atoms with Crippen LogP contribution in [0, 0.1) is 23.2 Å². The van der Waals surface area contributed by atoms with Gasteiger partial charge in [0.05, 0.1) is 10.3 Å². The number of halogens is 3. The lowest BCUT2D eigenvalue weighted by atomic mass is 9.49. The van der Waals surface area contributed by atoms with Crippen molar-refractivity contribution in [3.05, 3.63) is 86.2 Å². The van der Waals surface area contributed by atoms with Gasteiger partial charge in [-0.1, -0.05) is 52.3 Å². The van der Waals surface area contributed by atoms with Crippen LogP contribution in [-0.4, -0.2) is 5.97 Å². The predicted octanol–water partition coefficient (Wildman–Crippen LogP) is 9.93. The van der Waals surface area contributed by atoms with Crippen molar-refractivity contribution in [3.63, 3.8) is 0 Å². The Morgan fingerprint density at radius 1 is 0.743 bits per heavy atom. The molecule has 0 unspecified atom stereocenters. The first-order chi connectivity index (χ1) is 16.9. The Kier molecular flexibility index (Phi) is 6.48. The molecule has 4 aliphatic rings. The predicted molar refractivity (Wildman–Crippen MR) is 152 cm³/mol. The molecule has 0 heterocycles. The maximum absolute atomic E-state index is 14.5. The quantitative estimate of drug-likeness (QED) is 0.269. The van der Waals surface area contributed by atoms with Gasteiger partial charge in [0.1, 0.15) is 0 Å². The van der Waals surface area contributed by atoms with Crippen molar-refractivity contribution in [1.29, 1.82) is 0 Å². The van der Waals surface area contributed by atoms with Crippen LogP contribution in [0.3, 0.4) is 0 Å². The van der Waals surface area contributed by atoms with E-state index in [9.17, 15) is 4.79 Å². The van der Waals surface area contributed by atoms with Crippen LogP contribution in [0.1, 0.15) is 38.5 Å². The Morgan fingerprint density at radius 3 is 1.60 bits per heavy atom. The van der Waals surface area contributed by atoms with Gasteiger partial charge in [-0.3, -0.25) is 4.79 Å². The summed E-state index contributed by atoms with van der Waals surface area (Å²) in [6, 6.07) is 24.7. The fourth-order valence-electron chi connectivity index (χ4n) is 7.10. The van der Waals surface area contributed by atoms with Crippen LogP contribution >= 0.6 is 58.1 Å². The summed E-state index contributed by atoms with van der Waals surface area (Å²) in [5.41, 5.74) is -0.342. The maximum atomic E-state index is 14.5. The highest BCUT2D eigenvalue weighted by atomic mass is 79.9. The first kappa shape index (κ1) is 24.3. The summed E-state index contributed by atoms with van der Waals surface area (Å²) in [6.07, 6.45) is 6.85. The van der Waals surface area contributed by atoms with E-state index in [1.54, 1.807) is 0 Å². The lowest BCUT2D eigenvalue weighted by Gasteiger charge is -2.56. The van der Waals surface area contributed by atoms with Crippen molar-refractivity contribution >= 4 is 64.1 Å². The van der Waals surface area contributed by atoms with E-state index in [2.05, 4.69) is 72.1 Å². The Balaban J connectivity index is 1.56. The average molecular weight is 679 g/mol. The van der Waals surface area contributed by atoms with Crippen LogP contribution in [0.4, 0.5) is 0 Å². The fraction of sp³-hybridized carbons (Fsp3) is 0.345. The first-order valence-electron chi connectivity index (χ1n) is 12.2.